The molecule has 0 aliphatic rings. The molecule has 4 heteroatoms. The fourth-order valence-electron chi connectivity index (χ4n) is 2.16. The van der Waals surface area contributed by atoms with E-state index in [4.69, 9.17) is 0 Å². The van der Waals surface area contributed by atoms with Crippen LogP contribution in [0, 0.1) is 6.92 Å². The van der Waals surface area contributed by atoms with Gasteiger partial charge in [0, 0.05) is 10.0 Å². The van der Waals surface area contributed by atoms with Gasteiger partial charge in [0.25, 0.3) is 5.91 Å². The Hall–Kier alpha value is -1.65. The Morgan fingerprint density at radius 1 is 1.24 bits per heavy atom. The molecular weight excluding hydrogens is 330 g/mol. The van der Waals surface area contributed by atoms with Crippen molar-refractivity contribution in [2.75, 3.05) is 6.61 Å². The van der Waals surface area contributed by atoms with Crippen LogP contribution in [0.3, 0.4) is 0 Å². The largest absolute Gasteiger partial charge is 0.394 e. The molecule has 1 unspecified atom stereocenters. The zero-order chi connectivity index (χ0) is 15.2. The van der Waals surface area contributed by atoms with Crippen LogP contribution in [0.25, 0.3) is 0 Å². The number of aliphatic hydroxyl groups is 1. The lowest BCUT2D eigenvalue weighted by atomic mass is 10.0. The number of nitrogens with one attached hydrogen (secondary N) is 1. The summed E-state index contributed by atoms with van der Waals surface area (Å²) in [5.74, 6) is -0.163. The minimum Gasteiger partial charge on any atom is -0.394 e. The van der Waals surface area contributed by atoms with Crippen molar-refractivity contribution >= 4 is 21.8 Å². The number of carbonyl (C=O) groups is 1. The summed E-state index contributed by atoms with van der Waals surface area (Å²) in [5, 5.41) is 12.4. The van der Waals surface area contributed by atoms with Crippen molar-refractivity contribution in [1.82, 2.24) is 5.32 Å². The number of rotatable bonds is 5. The normalized spacial score (nSPS) is 12.0. The van der Waals surface area contributed by atoms with Crippen LogP contribution >= 0.6 is 15.9 Å². The maximum Gasteiger partial charge on any atom is 0.251 e. The van der Waals surface area contributed by atoms with E-state index in [0.717, 1.165) is 15.6 Å². The van der Waals surface area contributed by atoms with Gasteiger partial charge in [-0.2, -0.15) is 0 Å². The molecule has 0 aromatic heterocycles. The van der Waals surface area contributed by atoms with Crippen molar-refractivity contribution < 1.29 is 9.90 Å². The number of carbonyl (C=O) groups excluding carboxylic acids is 1. The van der Waals surface area contributed by atoms with Gasteiger partial charge in [-0.3, -0.25) is 4.79 Å². The molecular formula is C17H18BrNO2. The first kappa shape index (κ1) is 15.7. The van der Waals surface area contributed by atoms with E-state index < -0.39 is 0 Å². The number of aliphatic hydroxyl groups excluding tert-OH is 1. The standard InChI is InChI=1S/C17H18BrNO2/c1-12-7-8-14(18)10-16(12)17(21)19-15(11-20)9-13-5-3-2-4-6-13/h2-8,10,15,20H,9,11H2,1H3,(H,19,21). The van der Waals surface area contributed by atoms with Crippen molar-refractivity contribution in [2.45, 2.75) is 19.4 Å². The summed E-state index contributed by atoms with van der Waals surface area (Å²) in [6.45, 7) is 1.81. The Balaban J connectivity index is 2.07. The minimum atomic E-state index is -0.293. The average Bonchev–Trinajstić information content (AvgIpc) is 2.50. The van der Waals surface area contributed by atoms with Crippen molar-refractivity contribution in [3.63, 3.8) is 0 Å². The third kappa shape index (κ3) is 4.41. The summed E-state index contributed by atoms with van der Waals surface area (Å²) in [5.41, 5.74) is 2.62. The summed E-state index contributed by atoms with van der Waals surface area (Å²) in [6, 6.07) is 15.1. The molecule has 2 rings (SSSR count). The molecule has 2 aromatic carbocycles. The van der Waals surface area contributed by atoms with E-state index >= 15 is 0 Å². The lowest BCUT2D eigenvalue weighted by Gasteiger charge is -2.17. The van der Waals surface area contributed by atoms with Crippen LogP contribution in [0.1, 0.15) is 21.5 Å². The van der Waals surface area contributed by atoms with Gasteiger partial charge >= 0.3 is 0 Å². The summed E-state index contributed by atoms with van der Waals surface area (Å²) in [7, 11) is 0. The molecule has 0 spiro atoms. The topological polar surface area (TPSA) is 49.3 Å². The highest BCUT2D eigenvalue weighted by Gasteiger charge is 2.15. The molecule has 2 N–H and O–H groups in total. The molecule has 3 nitrogen and oxygen atoms in total. The van der Waals surface area contributed by atoms with E-state index in [0.29, 0.717) is 12.0 Å². The minimum absolute atomic E-state index is 0.0896. The van der Waals surface area contributed by atoms with Crippen LogP contribution < -0.4 is 5.32 Å². The SMILES string of the molecule is Cc1ccc(Br)cc1C(=O)NC(CO)Cc1ccccc1. The molecule has 1 amide bonds. The van der Waals surface area contributed by atoms with Crippen LogP contribution in [0.2, 0.25) is 0 Å². The van der Waals surface area contributed by atoms with E-state index in [2.05, 4.69) is 21.2 Å². The van der Waals surface area contributed by atoms with E-state index in [9.17, 15) is 9.90 Å². The van der Waals surface area contributed by atoms with E-state index in [1.54, 1.807) is 6.07 Å². The summed E-state index contributed by atoms with van der Waals surface area (Å²) in [6.07, 6.45) is 0.607. The van der Waals surface area contributed by atoms with Gasteiger partial charge in [0.1, 0.15) is 0 Å². The first-order chi connectivity index (χ1) is 10.1. The quantitative estimate of drug-likeness (QED) is 0.872. The molecule has 0 bridgehead atoms. The molecule has 0 saturated heterocycles. The predicted molar refractivity (Wildman–Crippen MR) is 87.4 cm³/mol. The highest BCUT2D eigenvalue weighted by Crippen LogP contribution is 2.16. The number of benzene rings is 2. The van der Waals surface area contributed by atoms with Crippen LogP contribution in [-0.2, 0) is 6.42 Å². The first-order valence-electron chi connectivity index (χ1n) is 6.82. The molecule has 0 heterocycles. The van der Waals surface area contributed by atoms with Crippen LogP contribution in [0.15, 0.2) is 53.0 Å². The smallest absolute Gasteiger partial charge is 0.251 e. The monoisotopic (exact) mass is 347 g/mol. The number of halogens is 1. The maximum absolute atomic E-state index is 12.3. The van der Waals surface area contributed by atoms with Crippen molar-refractivity contribution in [3.8, 4) is 0 Å². The average molecular weight is 348 g/mol. The summed E-state index contributed by atoms with van der Waals surface area (Å²) >= 11 is 3.37. The number of hydrogen-bond donors (Lipinski definition) is 2. The second kappa shape index (κ2) is 7.38. The lowest BCUT2D eigenvalue weighted by Crippen LogP contribution is -2.39. The Kier molecular flexibility index (Phi) is 5.53. The molecule has 1 atom stereocenters. The Bertz CT molecular complexity index is 613. The highest BCUT2D eigenvalue weighted by molar-refractivity contribution is 9.10. The van der Waals surface area contributed by atoms with Crippen LogP contribution in [-0.4, -0.2) is 23.7 Å². The second-order valence-electron chi connectivity index (χ2n) is 5.00. The fraction of sp³-hybridized carbons (Fsp3) is 0.235. The molecule has 0 aliphatic heterocycles. The molecule has 0 fully saturated rings. The van der Waals surface area contributed by atoms with Gasteiger partial charge in [0.05, 0.1) is 12.6 Å². The van der Waals surface area contributed by atoms with E-state index in [1.807, 2.05) is 49.4 Å². The molecule has 0 aliphatic carbocycles. The zero-order valence-electron chi connectivity index (χ0n) is 11.8. The predicted octanol–water partition coefficient (Wildman–Crippen LogP) is 3.09. The molecule has 21 heavy (non-hydrogen) atoms. The number of amides is 1. The Morgan fingerprint density at radius 2 is 1.95 bits per heavy atom. The van der Waals surface area contributed by atoms with Gasteiger partial charge in [0.15, 0.2) is 0 Å². The van der Waals surface area contributed by atoms with Crippen molar-refractivity contribution in [1.29, 1.82) is 0 Å². The number of aryl methyl sites for hydroxylation is 1. The van der Waals surface area contributed by atoms with E-state index in [-0.39, 0.29) is 18.6 Å². The third-order valence-electron chi connectivity index (χ3n) is 3.32. The molecule has 0 radical (unpaired) electrons. The Labute approximate surface area is 133 Å². The van der Waals surface area contributed by atoms with Crippen LogP contribution in [0.4, 0.5) is 0 Å². The second-order valence-corrected chi connectivity index (χ2v) is 5.92. The van der Waals surface area contributed by atoms with Crippen molar-refractivity contribution in [2.24, 2.45) is 0 Å². The first-order valence-corrected chi connectivity index (χ1v) is 7.61. The fourth-order valence-corrected chi connectivity index (χ4v) is 2.52. The van der Waals surface area contributed by atoms with Gasteiger partial charge < -0.3 is 10.4 Å². The van der Waals surface area contributed by atoms with Gasteiger partial charge in [0.2, 0.25) is 0 Å². The summed E-state index contributed by atoms with van der Waals surface area (Å²) in [4.78, 5) is 12.3. The maximum atomic E-state index is 12.3. The molecule has 2 aromatic rings. The molecule has 110 valence electrons. The van der Waals surface area contributed by atoms with Gasteiger partial charge in [-0.05, 0) is 36.6 Å². The highest BCUT2D eigenvalue weighted by atomic mass is 79.9. The number of hydrogen-bond acceptors (Lipinski definition) is 2. The molecule has 0 saturated carbocycles. The van der Waals surface area contributed by atoms with Crippen LogP contribution in [0.5, 0.6) is 0 Å². The summed E-state index contributed by atoms with van der Waals surface area (Å²) < 4.78 is 0.863. The Morgan fingerprint density at radius 3 is 2.62 bits per heavy atom. The zero-order valence-corrected chi connectivity index (χ0v) is 13.4. The third-order valence-corrected chi connectivity index (χ3v) is 3.82. The van der Waals surface area contributed by atoms with E-state index in [1.165, 1.54) is 0 Å². The van der Waals surface area contributed by atoms with Gasteiger partial charge in [-0.25, -0.2) is 0 Å². The van der Waals surface area contributed by atoms with Crippen molar-refractivity contribution in [3.05, 3.63) is 69.7 Å². The van der Waals surface area contributed by atoms with Gasteiger partial charge in [-0.1, -0.05) is 52.3 Å². The van der Waals surface area contributed by atoms with Gasteiger partial charge in [-0.15, -0.1) is 0 Å². The lowest BCUT2D eigenvalue weighted by molar-refractivity contribution is 0.0916.